The Hall–Kier alpha value is -1.63. The summed E-state index contributed by atoms with van der Waals surface area (Å²) in [6.07, 6.45) is 5.51. The molecule has 128 valence electrons. The van der Waals surface area contributed by atoms with Crippen LogP contribution >= 0.6 is 0 Å². The van der Waals surface area contributed by atoms with E-state index >= 15 is 0 Å². The molecule has 1 aliphatic heterocycles. The van der Waals surface area contributed by atoms with Gasteiger partial charge in [-0.25, -0.2) is 4.79 Å². The first kappa shape index (κ1) is 16.2. The van der Waals surface area contributed by atoms with Gasteiger partial charge in [0.15, 0.2) is 5.82 Å². The molecule has 1 aromatic rings. The summed E-state index contributed by atoms with van der Waals surface area (Å²) in [5, 5.41) is 24.4. The second-order valence-electron chi connectivity index (χ2n) is 7.19. The van der Waals surface area contributed by atoms with Gasteiger partial charge in [0.2, 0.25) is 0 Å². The summed E-state index contributed by atoms with van der Waals surface area (Å²) in [4.78, 5) is 12.3. The number of carbonyl (C=O) groups is 1. The van der Waals surface area contributed by atoms with Crippen LogP contribution in [0.2, 0.25) is 0 Å². The molecule has 3 rings (SSSR count). The van der Waals surface area contributed by atoms with Crippen molar-refractivity contribution in [3.05, 3.63) is 11.6 Å². The first-order valence-electron chi connectivity index (χ1n) is 8.62. The Bertz CT molecular complexity index is 573. The first-order chi connectivity index (χ1) is 11.0. The van der Waals surface area contributed by atoms with Gasteiger partial charge in [-0.05, 0) is 32.6 Å². The highest BCUT2D eigenvalue weighted by Gasteiger charge is 2.36. The number of urea groups is 1. The maximum Gasteiger partial charge on any atom is 0.315 e. The fraction of sp³-hybridized carbons (Fsp3) is 0.812. The molecule has 2 heterocycles. The van der Waals surface area contributed by atoms with Gasteiger partial charge in [0.05, 0.1) is 12.1 Å². The molecule has 1 fully saturated rings. The molecule has 3 N–H and O–H groups in total. The topological polar surface area (TPSA) is 92.1 Å². The van der Waals surface area contributed by atoms with Crippen LogP contribution in [0.25, 0.3) is 0 Å². The van der Waals surface area contributed by atoms with Crippen LogP contribution in [0, 0.1) is 12.3 Å². The zero-order chi connectivity index (χ0) is 16.4. The average molecular weight is 321 g/mol. The van der Waals surface area contributed by atoms with Gasteiger partial charge in [-0.2, -0.15) is 0 Å². The lowest BCUT2D eigenvalue weighted by molar-refractivity contribution is 0.00303. The lowest BCUT2D eigenvalue weighted by Crippen LogP contribution is -2.48. The zero-order valence-corrected chi connectivity index (χ0v) is 14.0. The molecule has 0 bridgehead atoms. The molecular weight excluding hydrogens is 294 g/mol. The van der Waals surface area contributed by atoms with Gasteiger partial charge in [0.25, 0.3) is 0 Å². The number of nitrogens with zero attached hydrogens (tertiary/aromatic N) is 3. The van der Waals surface area contributed by atoms with Gasteiger partial charge in [-0.3, -0.25) is 0 Å². The Morgan fingerprint density at radius 2 is 2.17 bits per heavy atom. The number of hydrogen-bond acceptors (Lipinski definition) is 4. The third-order valence-corrected chi connectivity index (χ3v) is 5.39. The maximum absolute atomic E-state index is 12.3. The van der Waals surface area contributed by atoms with Crippen molar-refractivity contribution in [2.24, 2.45) is 5.41 Å². The first-order valence-corrected chi connectivity index (χ1v) is 8.62. The van der Waals surface area contributed by atoms with Crippen LogP contribution in [-0.4, -0.2) is 38.6 Å². The quantitative estimate of drug-likeness (QED) is 0.789. The Morgan fingerprint density at radius 3 is 2.96 bits per heavy atom. The number of amides is 2. The van der Waals surface area contributed by atoms with Gasteiger partial charge in [-0.15, -0.1) is 10.2 Å². The molecule has 0 aromatic carbocycles. The molecule has 2 amide bonds. The molecule has 1 aliphatic carbocycles. The molecule has 23 heavy (non-hydrogen) atoms. The minimum absolute atomic E-state index is 0.0889. The van der Waals surface area contributed by atoms with E-state index in [2.05, 4.69) is 32.3 Å². The van der Waals surface area contributed by atoms with Crippen molar-refractivity contribution in [1.82, 2.24) is 25.4 Å². The van der Waals surface area contributed by atoms with E-state index < -0.39 is 0 Å². The van der Waals surface area contributed by atoms with Gasteiger partial charge >= 0.3 is 6.03 Å². The molecule has 1 saturated carbocycles. The van der Waals surface area contributed by atoms with E-state index in [1.165, 1.54) is 0 Å². The van der Waals surface area contributed by atoms with Crippen LogP contribution in [0.3, 0.4) is 0 Å². The van der Waals surface area contributed by atoms with Gasteiger partial charge in [0, 0.05) is 18.5 Å². The average Bonchev–Trinajstić information content (AvgIpc) is 2.91. The fourth-order valence-electron chi connectivity index (χ4n) is 3.73. The van der Waals surface area contributed by atoms with Crippen LogP contribution in [0.4, 0.5) is 4.79 Å². The van der Waals surface area contributed by atoms with Crippen LogP contribution in [-0.2, 0) is 6.54 Å². The van der Waals surface area contributed by atoms with Crippen molar-refractivity contribution >= 4 is 6.03 Å². The second-order valence-corrected chi connectivity index (χ2v) is 7.19. The molecule has 0 radical (unpaired) electrons. The summed E-state index contributed by atoms with van der Waals surface area (Å²) in [5.74, 6) is 1.73. The summed E-state index contributed by atoms with van der Waals surface area (Å²) >= 11 is 0. The predicted octanol–water partition coefficient (Wildman–Crippen LogP) is 1.66. The van der Waals surface area contributed by atoms with Crippen LogP contribution in [0.5, 0.6) is 0 Å². The van der Waals surface area contributed by atoms with E-state index in [4.69, 9.17) is 0 Å². The summed E-state index contributed by atoms with van der Waals surface area (Å²) in [7, 11) is 0. The molecule has 0 saturated heterocycles. The highest BCUT2D eigenvalue weighted by atomic mass is 16.3. The lowest BCUT2D eigenvalue weighted by Gasteiger charge is -2.38. The fourth-order valence-corrected chi connectivity index (χ4v) is 3.73. The number of aromatic nitrogens is 3. The summed E-state index contributed by atoms with van der Waals surface area (Å²) < 4.78 is 2.07. The highest BCUT2D eigenvalue weighted by molar-refractivity contribution is 5.74. The van der Waals surface area contributed by atoms with Crippen molar-refractivity contribution in [2.45, 2.75) is 71.1 Å². The smallest absolute Gasteiger partial charge is 0.315 e. The Kier molecular flexibility index (Phi) is 4.57. The van der Waals surface area contributed by atoms with Gasteiger partial charge in [0.1, 0.15) is 5.82 Å². The summed E-state index contributed by atoms with van der Waals surface area (Å²) in [6, 6.07) is -0.280. The Morgan fingerprint density at radius 1 is 1.35 bits per heavy atom. The van der Waals surface area contributed by atoms with Crippen molar-refractivity contribution in [3.63, 3.8) is 0 Å². The number of nitrogens with one attached hydrogen (secondary N) is 2. The van der Waals surface area contributed by atoms with Gasteiger partial charge < -0.3 is 20.3 Å². The van der Waals surface area contributed by atoms with E-state index in [0.29, 0.717) is 6.54 Å². The van der Waals surface area contributed by atoms with Crippen molar-refractivity contribution in [2.75, 3.05) is 6.54 Å². The molecule has 2 aliphatic rings. The lowest BCUT2D eigenvalue weighted by atomic mass is 9.73. The van der Waals surface area contributed by atoms with Crippen LogP contribution in [0.15, 0.2) is 0 Å². The van der Waals surface area contributed by atoms with E-state index in [0.717, 1.165) is 56.7 Å². The minimum atomic E-state index is -0.336. The van der Waals surface area contributed by atoms with Crippen molar-refractivity contribution < 1.29 is 9.90 Å². The second kappa shape index (κ2) is 6.47. The van der Waals surface area contributed by atoms with E-state index in [9.17, 15) is 9.90 Å². The number of hydrogen-bond donors (Lipinski definition) is 3. The number of rotatable bonds is 3. The van der Waals surface area contributed by atoms with Crippen LogP contribution in [0.1, 0.15) is 63.1 Å². The Labute approximate surface area is 136 Å². The number of aryl methyl sites for hydroxylation is 1. The zero-order valence-electron chi connectivity index (χ0n) is 14.0. The van der Waals surface area contributed by atoms with E-state index in [1.54, 1.807) is 0 Å². The number of aliphatic hydroxyl groups excluding tert-OH is 1. The monoisotopic (exact) mass is 321 g/mol. The third kappa shape index (κ3) is 3.34. The van der Waals surface area contributed by atoms with Crippen LogP contribution < -0.4 is 10.6 Å². The molecule has 3 unspecified atom stereocenters. The number of carbonyl (C=O) groups excluding carboxylic acids is 1. The van der Waals surface area contributed by atoms with E-state index in [1.807, 2.05) is 6.92 Å². The highest BCUT2D eigenvalue weighted by Crippen LogP contribution is 2.35. The summed E-state index contributed by atoms with van der Waals surface area (Å²) in [6.45, 7) is 5.40. The summed E-state index contributed by atoms with van der Waals surface area (Å²) in [5.41, 5.74) is -0.223. The standard InChI is InChI=1S/C16H27N5O2/c1-11-19-20-14-12(6-5-9-21(11)14)18-15(23)17-10-16(2)8-4-3-7-13(16)22/h12-13,22H,3-10H2,1-2H3,(H2,17,18,23). The Balaban J connectivity index is 1.56. The third-order valence-electron chi connectivity index (χ3n) is 5.39. The van der Waals surface area contributed by atoms with Gasteiger partial charge in [-0.1, -0.05) is 19.8 Å². The normalized spacial score (nSPS) is 30.6. The van der Waals surface area contributed by atoms with Crippen molar-refractivity contribution in [1.29, 1.82) is 0 Å². The maximum atomic E-state index is 12.3. The van der Waals surface area contributed by atoms with Crippen molar-refractivity contribution in [3.8, 4) is 0 Å². The molecule has 3 atom stereocenters. The molecule has 7 nitrogen and oxygen atoms in total. The van der Waals surface area contributed by atoms with E-state index in [-0.39, 0.29) is 23.6 Å². The molecule has 7 heteroatoms. The number of fused-ring (bicyclic) bond motifs is 1. The molecular formula is C16H27N5O2. The largest absolute Gasteiger partial charge is 0.392 e. The minimum Gasteiger partial charge on any atom is -0.392 e. The molecule has 0 spiro atoms. The predicted molar refractivity (Wildman–Crippen MR) is 85.9 cm³/mol. The number of aliphatic hydroxyl groups is 1. The SMILES string of the molecule is Cc1nnc2n1CCCC2NC(=O)NCC1(C)CCCCC1O. The molecule has 1 aromatic heterocycles.